The van der Waals surface area contributed by atoms with Gasteiger partial charge in [0.15, 0.2) is 23.0 Å². The number of methoxy groups -OCH3 is 4. The Morgan fingerprint density at radius 1 is 0.868 bits per heavy atom. The normalized spacial score (nSPS) is 11.3. The van der Waals surface area contributed by atoms with Crippen molar-refractivity contribution in [1.29, 1.82) is 0 Å². The van der Waals surface area contributed by atoms with Gasteiger partial charge in [-0.05, 0) is 41.5 Å². The second-order valence-electron chi connectivity index (χ2n) is 8.39. The third-order valence-corrected chi connectivity index (χ3v) is 6.34. The van der Waals surface area contributed by atoms with Crippen molar-refractivity contribution in [3.8, 4) is 23.0 Å². The van der Waals surface area contributed by atoms with Gasteiger partial charge in [-0.25, -0.2) is 0 Å². The topological polar surface area (TPSA) is 71.0 Å². The number of allylic oxidation sites excluding steroid dienone is 1. The van der Waals surface area contributed by atoms with Crippen LogP contribution in [0.2, 0.25) is 5.02 Å². The zero-order chi connectivity index (χ0) is 27.2. The van der Waals surface area contributed by atoms with Crippen LogP contribution in [-0.2, 0) is 7.05 Å². The minimum atomic E-state index is -0.113. The summed E-state index contributed by atoms with van der Waals surface area (Å²) >= 11 is 6.51. The summed E-state index contributed by atoms with van der Waals surface area (Å²) in [4.78, 5) is 12.9. The Hall–Kier alpha value is -4.36. The van der Waals surface area contributed by atoms with E-state index in [4.69, 9.17) is 30.5 Å². The second kappa shape index (κ2) is 11.8. The molecule has 0 amide bonds. The van der Waals surface area contributed by atoms with Gasteiger partial charge in [-0.1, -0.05) is 42.0 Å². The summed E-state index contributed by atoms with van der Waals surface area (Å²) in [5.74, 6) is 2.00. The van der Waals surface area contributed by atoms with Crippen molar-refractivity contribution in [1.82, 2.24) is 4.57 Å². The van der Waals surface area contributed by atoms with Gasteiger partial charge in [0.05, 0.1) is 39.1 Å². The van der Waals surface area contributed by atoms with Gasteiger partial charge in [0.25, 0.3) is 0 Å². The van der Waals surface area contributed by atoms with E-state index in [1.54, 1.807) is 40.7 Å². The number of hydrogen-bond acceptors (Lipinski definition) is 6. The fourth-order valence-electron chi connectivity index (χ4n) is 4.25. The first-order valence-corrected chi connectivity index (χ1v) is 12.1. The van der Waals surface area contributed by atoms with Gasteiger partial charge in [-0.2, -0.15) is 0 Å². The number of carbonyl (C=O) groups is 1. The number of aryl methyl sites for hydroxylation is 1. The largest absolute Gasteiger partial charge is 0.493 e. The Kier molecular flexibility index (Phi) is 8.28. The molecule has 38 heavy (non-hydrogen) atoms. The molecule has 0 fully saturated rings. The maximum Gasteiger partial charge on any atom is 0.203 e. The Morgan fingerprint density at radius 3 is 2.13 bits per heavy atom. The lowest BCUT2D eigenvalue weighted by Gasteiger charge is -2.13. The van der Waals surface area contributed by atoms with Crippen LogP contribution in [0.4, 0.5) is 5.69 Å². The summed E-state index contributed by atoms with van der Waals surface area (Å²) in [6.07, 6.45) is 8.73. The van der Waals surface area contributed by atoms with Crippen LogP contribution >= 0.6 is 11.6 Å². The SMILES string of the molecule is COc1cc(/C=C/c2cc(Cl)c(OC)c(N/C=C\C(=O)c3cn(C)c4ccccc34)c2)cc(OC)c1OC. The Morgan fingerprint density at radius 2 is 1.50 bits per heavy atom. The van der Waals surface area contributed by atoms with Crippen molar-refractivity contribution < 1.29 is 23.7 Å². The van der Waals surface area contributed by atoms with Crippen LogP contribution in [0.15, 0.2) is 67.0 Å². The van der Waals surface area contributed by atoms with E-state index in [9.17, 15) is 4.79 Å². The lowest BCUT2D eigenvalue weighted by molar-refractivity contribution is 0.104. The fourth-order valence-corrected chi connectivity index (χ4v) is 4.56. The van der Waals surface area contributed by atoms with Crippen LogP contribution in [0, 0.1) is 0 Å². The minimum absolute atomic E-state index is 0.113. The molecule has 0 aliphatic rings. The number of rotatable bonds is 10. The highest BCUT2D eigenvalue weighted by Gasteiger charge is 2.14. The highest BCUT2D eigenvalue weighted by molar-refractivity contribution is 6.32. The lowest BCUT2D eigenvalue weighted by atomic mass is 10.1. The molecule has 8 heteroatoms. The number of halogens is 1. The van der Waals surface area contributed by atoms with Gasteiger partial charge >= 0.3 is 0 Å². The molecule has 0 saturated heterocycles. The number of carbonyl (C=O) groups excluding carboxylic acids is 1. The van der Waals surface area contributed by atoms with Crippen LogP contribution in [0.25, 0.3) is 23.1 Å². The molecule has 0 aliphatic carbocycles. The van der Waals surface area contributed by atoms with Crippen LogP contribution < -0.4 is 24.3 Å². The number of hydrogen-bond donors (Lipinski definition) is 1. The van der Waals surface area contributed by atoms with E-state index in [-0.39, 0.29) is 5.78 Å². The first-order valence-electron chi connectivity index (χ1n) is 11.8. The number of benzene rings is 3. The highest BCUT2D eigenvalue weighted by atomic mass is 35.5. The zero-order valence-corrected chi connectivity index (χ0v) is 22.6. The van der Waals surface area contributed by atoms with Crippen molar-refractivity contribution in [3.05, 3.63) is 88.7 Å². The van der Waals surface area contributed by atoms with Crippen LogP contribution in [0.1, 0.15) is 21.5 Å². The molecule has 4 aromatic rings. The summed E-state index contributed by atoms with van der Waals surface area (Å²) in [5, 5.41) is 4.48. The molecule has 7 nitrogen and oxygen atoms in total. The van der Waals surface area contributed by atoms with E-state index in [2.05, 4.69) is 5.32 Å². The summed E-state index contributed by atoms with van der Waals surface area (Å²) in [5.41, 5.74) is 3.92. The minimum Gasteiger partial charge on any atom is -0.493 e. The number of aromatic nitrogens is 1. The first kappa shape index (κ1) is 26.7. The van der Waals surface area contributed by atoms with Crippen LogP contribution in [-0.4, -0.2) is 38.8 Å². The molecule has 3 aromatic carbocycles. The molecule has 1 aromatic heterocycles. The summed E-state index contributed by atoms with van der Waals surface area (Å²) < 4.78 is 23.7. The van der Waals surface area contributed by atoms with E-state index in [0.29, 0.717) is 39.3 Å². The number of nitrogens with zero attached hydrogens (tertiary/aromatic N) is 1. The predicted octanol–water partition coefficient (Wildman–Crippen LogP) is 6.85. The molecule has 0 saturated carbocycles. The lowest BCUT2D eigenvalue weighted by Crippen LogP contribution is -1.98. The molecule has 4 rings (SSSR count). The van der Waals surface area contributed by atoms with Gasteiger partial charge in [-0.3, -0.25) is 4.79 Å². The van der Waals surface area contributed by atoms with E-state index in [1.165, 1.54) is 6.08 Å². The number of fused-ring (bicyclic) bond motifs is 1. The van der Waals surface area contributed by atoms with E-state index in [0.717, 1.165) is 22.0 Å². The van der Waals surface area contributed by atoms with E-state index >= 15 is 0 Å². The molecule has 0 spiro atoms. The summed E-state index contributed by atoms with van der Waals surface area (Å²) in [7, 11) is 8.18. The summed E-state index contributed by atoms with van der Waals surface area (Å²) in [6, 6.07) is 15.2. The molecule has 0 atom stereocenters. The van der Waals surface area contributed by atoms with E-state index < -0.39 is 0 Å². The molecule has 1 heterocycles. The van der Waals surface area contributed by atoms with Crippen molar-refractivity contribution in [2.24, 2.45) is 7.05 Å². The quantitative estimate of drug-likeness (QED) is 0.137. The van der Waals surface area contributed by atoms with Gasteiger partial charge in [0, 0.05) is 42.0 Å². The fraction of sp³-hybridized carbons (Fsp3) is 0.167. The van der Waals surface area contributed by atoms with Gasteiger partial charge < -0.3 is 28.8 Å². The number of nitrogens with one attached hydrogen (secondary N) is 1. The predicted molar refractivity (Wildman–Crippen MR) is 153 cm³/mol. The van der Waals surface area contributed by atoms with Crippen molar-refractivity contribution in [2.75, 3.05) is 33.8 Å². The first-order chi connectivity index (χ1) is 18.4. The smallest absolute Gasteiger partial charge is 0.203 e. The molecule has 0 aliphatic heterocycles. The van der Waals surface area contributed by atoms with Crippen LogP contribution in [0.5, 0.6) is 23.0 Å². The monoisotopic (exact) mass is 532 g/mol. The molecule has 0 radical (unpaired) electrons. The summed E-state index contributed by atoms with van der Waals surface area (Å²) in [6.45, 7) is 0. The maximum atomic E-state index is 12.9. The van der Waals surface area contributed by atoms with Crippen molar-refractivity contribution in [2.45, 2.75) is 0 Å². The molecule has 196 valence electrons. The van der Waals surface area contributed by atoms with Gasteiger partial charge in [-0.15, -0.1) is 0 Å². The molecular weight excluding hydrogens is 504 g/mol. The van der Waals surface area contributed by atoms with Crippen molar-refractivity contribution in [3.63, 3.8) is 0 Å². The molecule has 0 unspecified atom stereocenters. The Bertz CT molecular complexity index is 1510. The standard InChI is InChI=1S/C30H29ClN2O5/c1-33-18-22(21-8-6-7-9-25(21)33)26(34)12-13-32-24-15-19(14-23(31)29(24)37-4)10-11-20-16-27(35-2)30(38-5)28(17-20)36-3/h6-18,32H,1-5H3/b11-10+,13-12-. The molecular formula is C30H29ClN2O5. The molecule has 0 bridgehead atoms. The number of ether oxygens (including phenoxy) is 4. The number of para-hydroxylation sites is 1. The van der Waals surface area contributed by atoms with Crippen LogP contribution in [0.3, 0.4) is 0 Å². The second-order valence-corrected chi connectivity index (χ2v) is 8.80. The highest BCUT2D eigenvalue weighted by Crippen LogP contribution is 2.39. The Balaban J connectivity index is 1.58. The van der Waals surface area contributed by atoms with Gasteiger partial charge in [0.2, 0.25) is 5.75 Å². The van der Waals surface area contributed by atoms with E-state index in [1.807, 2.05) is 72.4 Å². The van der Waals surface area contributed by atoms with Crippen molar-refractivity contribution >= 4 is 46.1 Å². The third kappa shape index (κ3) is 5.48. The molecule has 1 N–H and O–H groups in total. The average molecular weight is 533 g/mol. The maximum absolute atomic E-state index is 12.9. The van der Waals surface area contributed by atoms with Gasteiger partial charge in [0.1, 0.15) is 0 Å². The third-order valence-electron chi connectivity index (χ3n) is 6.06. The Labute approximate surface area is 226 Å². The number of ketones is 1. The number of anilines is 1. The zero-order valence-electron chi connectivity index (χ0n) is 21.9. The average Bonchev–Trinajstić information content (AvgIpc) is 3.27.